The molecule has 1 aromatic rings. The monoisotopic (exact) mass is 249 g/mol. The van der Waals surface area contributed by atoms with Gasteiger partial charge in [-0.15, -0.1) is 0 Å². The minimum absolute atomic E-state index is 0.110. The summed E-state index contributed by atoms with van der Waals surface area (Å²) in [6, 6.07) is 7.21. The quantitative estimate of drug-likeness (QED) is 0.756. The number of anilines is 1. The van der Waals surface area contributed by atoms with E-state index in [0.29, 0.717) is 30.9 Å². The molecule has 1 aromatic carbocycles. The Hall–Kier alpha value is -1.84. The zero-order chi connectivity index (χ0) is 13.4. The second-order valence-electron chi connectivity index (χ2n) is 4.05. The summed E-state index contributed by atoms with van der Waals surface area (Å²) in [5.41, 5.74) is 0.713. The molecule has 0 spiro atoms. The number of Topliss-reactive ketones (excluding diaryl/α,β-unsaturated/α-hetero) is 1. The molecule has 18 heavy (non-hydrogen) atoms. The van der Waals surface area contributed by atoms with Crippen LogP contribution in [0.4, 0.5) is 5.69 Å². The maximum Gasteiger partial charge on any atom is 0.221 e. The second kappa shape index (κ2) is 7.48. The molecular formula is C14H19NO3. The number of carbonyl (C=O) groups is 2. The first kappa shape index (κ1) is 14.2. The second-order valence-corrected chi connectivity index (χ2v) is 4.05. The third-order valence-corrected chi connectivity index (χ3v) is 2.42. The van der Waals surface area contributed by atoms with Gasteiger partial charge in [0.1, 0.15) is 11.5 Å². The van der Waals surface area contributed by atoms with Crippen molar-refractivity contribution in [3.63, 3.8) is 0 Å². The van der Waals surface area contributed by atoms with Crippen molar-refractivity contribution in [2.24, 2.45) is 0 Å². The van der Waals surface area contributed by atoms with Gasteiger partial charge in [0.15, 0.2) is 0 Å². The van der Waals surface area contributed by atoms with Crippen LogP contribution in [0.1, 0.15) is 33.1 Å². The van der Waals surface area contributed by atoms with E-state index in [1.54, 1.807) is 12.1 Å². The van der Waals surface area contributed by atoms with E-state index in [2.05, 4.69) is 5.32 Å². The molecule has 4 heteroatoms. The average Bonchev–Trinajstić information content (AvgIpc) is 2.34. The molecule has 98 valence electrons. The fourth-order valence-corrected chi connectivity index (χ4v) is 1.50. The van der Waals surface area contributed by atoms with E-state index in [0.717, 1.165) is 6.42 Å². The number of benzene rings is 1. The molecule has 0 aliphatic rings. The van der Waals surface area contributed by atoms with Gasteiger partial charge in [-0.2, -0.15) is 0 Å². The smallest absolute Gasteiger partial charge is 0.221 e. The minimum Gasteiger partial charge on any atom is -0.494 e. The van der Waals surface area contributed by atoms with Gasteiger partial charge in [0.05, 0.1) is 6.61 Å². The average molecular weight is 249 g/mol. The van der Waals surface area contributed by atoms with Crippen LogP contribution in [-0.4, -0.2) is 18.3 Å². The Morgan fingerprint density at radius 3 is 2.78 bits per heavy atom. The van der Waals surface area contributed by atoms with Crippen LogP contribution in [0.3, 0.4) is 0 Å². The highest BCUT2D eigenvalue weighted by Gasteiger charge is 2.00. The van der Waals surface area contributed by atoms with E-state index in [1.165, 1.54) is 6.92 Å². The summed E-state index contributed by atoms with van der Waals surface area (Å²) in [5.74, 6) is 0.844. The SMILES string of the molecule is CCC(=O)CCCOc1cccc(NC(C)=O)c1. The van der Waals surface area contributed by atoms with Crippen molar-refractivity contribution < 1.29 is 14.3 Å². The summed E-state index contributed by atoms with van der Waals surface area (Å²) in [5, 5.41) is 2.69. The van der Waals surface area contributed by atoms with E-state index in [4.69, 9.17) is 4.74 Å². The van der Waals surface area contributed by atoms with Crippen LogP contribution < -0.4 is 10.1 Å². The lowest BCUT2D eigenvalue weighted by Crippen LogP contribution is -2.06. The van der Waals surface area contributed by atoms with Crippen LogP contribution >= 0.6 is 0 Å². The lowest BCUT2D eigenvalue weighted by Gasteiger charge is -2.08. The molecule has 0 bridgehead atoms. The lowest BCUT2D eigenvalue weighted by molar-refractivity contribution is -0.119. The molecule has 0 atom stereocenters. The van der Waals surface area contributed by atoms with Gasteiger partial charge in [-0.05, 0) is 18.6 Å². The summed E-state index contributed by atoms with van der Waals surface area (Å²) in [4.78, 5) is 22.0. The highest BCUT2D eigenvalue weighted by atomic mass is 16.5. The minimum atomic E-state index is -0.110. The van der Waals surface area contributed by atoms with Gasteiger partial charge in [-0.25, -0.2) is 0 Å². The first-order chi connectivity index (χ1) is 8.61. The number of rotatable bonds is 7. The number of hydrogen-bond donors (Lipinski definition) is 1. The van der Waals surface area contributed by atoms with Crippen LogP contribution in [-0.2, 0) is 9.59 Å². The molecule has 0 radical (unpaired) electrons. The fraction of sp³-hybridized carbons (Fsp3) is 0.429. The molecule has 1 N–H and O–H groups in total. The summed E-state index contributed by atoms with van der Waals surface area (Å²) in [6.07, 6.45) is 1.86. The zero-order valence-electron chi connectivity index (χ0n) is 10.9. The topological polar surface area (TPSA) is 55.4 Å². The summed E-state index contributed by atoms with van der Waals surface area (Å²) >= 11 is 0. The van der Waals surface area contributed by atoms with E-state index in [-0.39, 0.29) is 11.7 Å². The fourth-order valence-electron chi connectivity index (χ4n) is 1.50. The van der Waals surface area contributed by atoms with Gasteiger partial charge >= 0.3 is 0 Å². The number of hydrogen-bond acceptors (Lipinski definition) is 3. The first-order valence-electron chi connectivity index (χ1n) is 6.14. The van der Waals surface area contributed by atoms with Crippen LogP contribution in [0.2, 0.25) is 0 Å². The molecule has 0 saturated carbocycles. The van der Waals surface area contributed by atoms with Gasteiger partial charge in [0, 0.05) is 31.5 Å². The van der Waals surface area contributed by atoms with Crippen molar-refractivity contribution in [2.45, 2.75) is 33.1 Å². The largest absolute Gasteiger partial charge is 0.494 e. The Morgan fingerprint density at radius 1 is 1.33 bits per heavy atom. The van der Waals surface area contributed by atoms with Crippen molar-refractivity contribution in [3.8, 4) is 5.75 Å². The maximum atomic E-state index is 11.1. The zero-order valence-corrected chi connectivity index (χ0v) is 10.9. The third kappa shape index (κ3) is 5.48. The third-order valence-electron chi connectivity index (χ3n) is 2.42. The number of amides is 1. The molecular weight excluding hydrogens is 230 g/mol. The molecule has 4 nitrogen and oxygen atoms in total. The Kier molecular flexibility index (Phi) is 5.91. The summed E-state index contributed by atoms with van der Waals surface area (Å²) < 4.78 is 5.52. The predicted octanol–water partition coefficient (Wildman–Crippen LogP) is 2.78. The highest BCUT2D eigenvalue weighted by Crippen LogP contribution is 2.17. The number of ketones is 1. The van der Waals surface area contributed by atoms with E-state index in [1.807, 2.05) is 19.1 Å². The van der Waals surface area contributed by atoms with Gasteiger partial charge in [-0.1, -0.05) is 13.0 Å². The molecule has 0 heterocycles. The Labute approximate surface area is 107 Å². The van der Waals surface area contributed by atoms with Gasteiger partial charge in [0.2, 0.25) is 5.91 Å². The first-order valence-corrected chi connectivity index (χ1v) is 6.14. The van der Waals surface area contributed by atoms with Crippen LogP contribution in [0.15, 0.2) is 24.3 Å². The van der Waals surface area contributed by atoms with Crippen molar-refractivity contribution >= 4 is 17.4 Å². The maximum absolute atomic E-state index is 11.1. The van der Waals surface area contributed by atoms with Gasteiger partial charge in [0.25, 0.3) is 0 Å². The Bertz CT molecular complexity index is 415. The molecule has 0 aliphatic heterocycles. The molecule has 0 aromatic heterocycles. The van der Waals surface area contributed by atoms with Crippen molar-refractivity contribution in [1.82, 2.24) is 0 Å². The molecule has 0 saturated heterocycles. The molecule has 0 aliphatic carbocycles. The number of carbonyl (C=O) groups excluding carboxylic acids is 2. The van der Waals surface area contributed by atoms with E-state index in [9.17, 15) is 9.59 Å². The number of ether oxygens (including phenoxy) is 1. The number of nitrogens with one attached hydrogen (secondary N) is 1. The standard InChI is InChI=1S/C14H19NO3/c1-3-13(17)7-5-9-18-14-8-4-6-12(10-14)15-11(2)16/h4,6,8,10H,3,5,7,9H2,1-2H3,(H,15,16). The summed E-state index contributed by atoms with van der Waals surface area (Å²) in [6.45, 7) is 3.83. The van der Waals surface area contributed by atoms with Crippen LogP contribution in [0, 0.1) is 0 Å². The molecule has 1 amide bonds. The van der Waals surface area contributed by atoms with Gasteiger partial charge in [-0.3, -0.25) is 9.59 Å². The molecule has 1 rings (SSSR count). The normalized spacial score (nSPS) is 9.89. The Morgan fingerprint density at radius 2 is 2.11 bits per heavy atom. The van der Waals surface area contributed by atoms with Crippen LogP contribution in [0.5, 0.6) is 5.75 Å². The van der Waals surface area contributed by atoms with E-state index >= 15 is 0 Å². The Balaban J connectivity index is 2.38. The van der Waals surface area contributed by atoms with Crippen molar-refractivity contribution in [2.75, 3.05) is 11.9 Å². The summed E-state index contributed by atoms with van der Waals surface area (Å²) in [7, 11) is 0. The lowest BCUT2D eigenvalue weighted by atomic mass is 10.2. The molecule has 0 unspecified atom stereocenters. The van der Waals surface area contributed by atoms with E-state index < -0.39 is 0 Å². The van der Waals surface area contributed by atoms with Gasteiger partial charge < -0.3 is 10.1 Å². The predicted molar refractivity (Wildman–Crippen MR) is 70.8 cm³/mol. The van der Waals surface area contributed by atoms with Crippen molar-refractivity contribution in [1.29, 1.82) is 0 Å². The van der Waals surface area contributed by atoms with Crippen molar-refractivity contribution in [3.05, 3.63) is 24.3 Å². The highest BCUT2D eigenvalue weighted by molar-refractivity contribution is 5.88. The van der Waals surface area contributed by atoms with Crippen LogP contribution in [0.25, 0.3) is 0 Å². The molecule has 0 fully saturated rings.